The molecule has 0 saturated carbocycles. The smallest absolute Gasteiger partial charge is 0.297 e. The lowest BCUT2D eigenvalue weighted by Crippen LogP contribution is -2.05. The highest BCUT2D eigenvalue weighted by Gasteiger charge is 2.30. The zero-order valence-corrected chi connectivity index (χ0v) is 16.8. The van der Waals surface area contributed by atoms with E-state index in [0.717, 1.165) is 22.3 Å². The zero-order valence-electron chi connectivity index (χ0n) is 15.1. The summed E-state index contributed by atoms with van der Waals surface area (Å²) in [4.78, 5) is 0.999. The van der Waals surface area contributed by atoms with Crippen LogP contribution >= 0.6 is 23.1 Å². The van der Waals surface area contributed by atoms with Gasteiger partial charge in [-0.25, -0.2) is 0 Å². The van der Waals surface area contributed by atoms with Crippen LogP contribution in [0.4, 0.5) is 13.2 Å². The fraction of sp³-hybridized carbons (Fsp3) is 0.143. The van der Waals surface area contributed by atoms with Crippen LogP contribution in [-0.2, 0) is 18.5 Å². The molecule has 4 aromatic rings. The Bertz CT molecular complexity index is 1070. The second-order valence-corrected chi connectivity index (χ2v) is 8.23. The van der Waals surface area contributed by atoms with Crippen molar-refractivity contribution in [2.75, 3.05) is 0 Å². The Labute approximate surface area is 174 Å². The van der Waals surface area contributed by atoms with E-state index >= 15 is 0 Å². The van der Waals surface area contributed by atoms with Crippen LogP contribution in [0.2, 0.25) is 0 Å². The van der Waals surface area contributed by atoms with Crippen molar-refractivity contribution in [3.05, 3.63) is 88.8 Å². The van der Waals surface area contributed by atoms with Gasteiger partial charge >= 0.3 is 6.18 Å². The molecule has 148 valence electrons. The van der Waals surface area contributed by atoms with Crippen molar-refractivity contribution in [3.63, 3.8) is 0 Å². The molecule has 0 amide bonds. The molecular weight excluding hydrogens is 415 g/mol. The van der Waals surface area contributed by atoms with Crippen LogP contribution in [0.15, 0.2) is 77.3 Å². The number of aromatic nitrogens is 3. The predicted molar refractivity (Wildman–Crippen MR) is 110 cm³/mol. The minimum Gasteiger partial charge on any atom is -0.297 e. The molecule has 0 fully saturated rings. The molecule has 2 heterocycles. The van der Waals surface area contributed by atoms with Crippen LogP contribution in [0.5, 0.6) is 0 Å². The number of nitrogens with zero attached hydrogens (tertiary/aromatic N) is 3. The highest BCUT2D eigenvalue weighted by molar-refractivity contribution is 7.98. The molecule has 0 saturated heterocycles. The molecule has 0 atom stereocenters. The van der Waals surface area contributed by atoms with Crippen molar-refractivity contribution in [2.45, 2.75) is 23.6 Å². The number of benzene rings is 2. The molecule has 29 heavy (non-hydrogen) atoms. The zero-order chi connectivity index (χ0) is 20.3. The largest absolute Gasteiger partial charge is 0.416 e. The highest BCUT2D eigenvalue weighted by Crippen LogP contribution is 2.32. The van der Waals surface area contributed by atoms with E-state index in [1.807, 2.05) is 52.4 Å². The Morgan fingerprint density at radius 2 is 1.69 bits per heavy atom. The fourth-order valence-corrected chi connectivity index (χ4v) is 4.48. The monoisotopic (exact) mass is 431 g/mol. The summed E-state index contributed by atoms with van der Waals surface area (Å²) >= 11 is 2.96. The second kappa shape index (κ2) is 8.42. The summed E-state index contributed by atoms with van der Waals surface area (Å²) in [5, 5.41) is 11.3. The quantitative estimate of drug-likeness (QED) is 0.333. The molecule has 8 heteroatoms. The van der Waals surface area contributed by atoms with Crippen molar-refractivity contribution < 1.29 is 13.2 Å². The maximum Gasteiger partial charge on any atom is 0.416 e. The van der Waals surface area contributed by atoms with E-state index < -0.39 is 11.7 Å². The lowest BCUT2D eigenvalue weighted by molar-refractivity contribution is -0.137. The van der Waals surface area contributed by atoms with Crippen LogP contribution in [0.3, 0.4) is 0 Å². The lowest BCUT2D eigenvalue weighted by atomic mass is 10.1. The van der Waals surface area contributed by atoms with Crippen LogP contribution in [0, 0.1) is 0 Å². The molecule has 3 nitrogen and oxygen atoms in total. The van der Waals surface area contributed by atoms with Gasteiger partial charge in [0.2, 0.25) is 0 Å². The van der Waals surface area contributed by atoms with Crippen LogP contribution in [0.1, 0.15) is 16.7 Å². The molecule has 0 bridgehead atoms. The number of thiophene rings is 1. The lowest BCUT2D eigenvalue weighted by Gasteiger charge is -2.11. The molecule has 0 spiro atoms. The molecule has 4 rings (SSSR count). The molecule has 2 aromatic heterocycles. The summed E-state index contributed by atoms with van der Waals surface area (Å²) in [6.07, 6.45) is -4.35. The van der Waals surface area contributed by atoms with Crippen molar-refractivity contribution in [3.8, 4) is 10.7 Å². The summed E-state index contributed by atoms with van der Waals surface area (Å²) in [6.45, 7) is 0.589. The van der Waals surface area contributed by atoms with Crippen molar-refractivity contribution in [1.82, 2.24) is 14.8 Å². The third-order valence-electron chi connectivity index (χ3n) is 4.26. The molecule has 0 aliphatic rings. The Morgan fingerprint density at radius 1 is 0.897 bits per heavy atom. The Balaban J connectivity index is 1.60. The van der Waals surface area contributed by atoms with Gasteiger partial charge in [0.15, 0.2) is 11.0 Å². The van der Waals surface area contributed by atoms with Gasteiger partial charge in [0.1, 0.15) is 0 Å². The summed E-state index contributed by atoms with van der Waals surface area (Å²) in [5.41, 5.74) is 1.06. The molecule has 0 N–H and O–H groups in total. The van der Waals surface area contributed by atoms with Gasteiger partial charge in [0.05, 0.1) is 17.0 Å². The summed E-state index contributed by atoms with van der Waals surface area (Å²) < 4.78 is 40.9. The minimum absolute atomic E-state index is 0.376. The first-order chi connectivity index (χ1) is 14.0. The first-order valence-electron chi connectivity index (χ1n) is 8.80. The number of hydrogen-bond donors (Lipinski definition) is 0. The molecule has 0 radical (unpaired) electrons. The SMILES string of the molecule is FC(F)(F)c1cccc(CSc2nnc(-c3cccs3)n2Cc2ccccc2)c1. The Hall–Kier alpha value is -2.58. The van der Waals surface area contributed by atoms with Gasteiger partial charge < -0.3 is 0 Å². The van der Waals surface area contributed by atoms with Gasteiger partial charge in [-0.15, -0.1) is 21.5 Å². The molecule has 0 aliphatic carbocycles. The van der Waals surface area contributed by atoms with E-state index in [0.29, 0.717) is 23.0 Å². The van der Waals surface area contributed by atoms with E-state index in [9.17, 15) is 13.2 Å². The van der Waals surface area contributed by atoms with E-state index in [-0.39, 0.29) is 0 Å². The third kappa shape index (κ3) is 4.71. The van der Waals surface area contributed by atoms with Crippen LogP contribution in [-0.4, -0.2) is 14.8 Å². The average Bonchev–Trinajstić information content (AvgIpc) is 3.37. The van der Waals surface area contributed by atoms with Gasteiger partial charge in [-0.1, -0.05) is 66.4 Å². The Kier molecular flexibility index (Phi) is 5.73. The van der Waals surface area contributed by atoms with E-state index in [1.54, 1.807) is 17.4 Å². The fourth-order valence-electron chi connectivity index (χ4n) is 2.88. The third-order valence-corrected chi connectivity index (χ3v) is 6.17. The Morgan fingerprint density at radius 3 is 2.41 bits per heavy atom. The number of hydrogen-bond acceptors (Lipinski definition) is 4. The first-order valence-corrected chi connectivity index (χ1v) is 10.7. The molecule has 2 aromatic carbocycles. The maximum atomic E-state index is 13.0. The van der Waals surface area contributed by atoms with Crippen LogP contribution in [0.25, 0.3) is 10.7 Å². The molecular formula is C21H16F3N3S2. The number of thioether (sulfide) groups is 1. The summed E-state index contributed by atoms with van der Waals surface area (Å²) in [6, 6.07) is 19.3. The predicted octanol–water partition coefficient (Wildman–Crippen LogP) is 6.37. The van der Waals surface area contributed by atoms with Gasteiger partial charge in [0, 0.05) is 5.75 Å². The second-order valence-electron chi connectivity index (χ2n) is 6.34. The van der Waals surface area contributed by atoms with E-state index in [1.165, 1.54) is 23.9 Å². The maximum absolute atomic E-state index is 13.0. The van der Waals surface area contributed by atoms with Crippen molar-refractivity contribution in [1.29, 1.82) is 0 Å². The summed E-state index contributed by atoms with van der Waals surface area (Å²) in [7, 11) is 0. The normalized spacial score (nSPS) is 11.7. The number of alkyl halides is 3. The van der Waals surface area contributed by atoms with Crippen molar-refractivity contribution in [2.24, 2.45) is 0 Å². The van der Waals surface area contributed by atoms with Gasteiger partial charge in [-0.05, 0) is 28.6 Å². The van der Waals surface area contributed by atoms with Crippen LogP contribution < -0.4 is 0 Å². The summed E-state index contributed by atoms with van der Waals surface area (Å²) in [5.74, 6) is 1.14. The highest BCUT2D eigenvalue weighted by atomic mass is 32.2. The number of halogens is 3. The minimum atomic E-state index is -4.35. The van der Waals surface area contributed by atoms with E-state index in [4.69, 9.17) is 0 Å². The first kappa shape index (κ1) is 19.7. The standard InChI is InChI=1S/C21H16F3N3S2/c22-21(23,24)17-9-4-8-16(12-17)14-29-20-26-25-19(18-10-5-11-28-18)27(20)13-15-6-2-1-3-7-15/h1-12H,13-14H2. The van der Waals surface area contributed by atoms with E-state index in [2.05, 4.69) is 10.2 Å². The molecule has 0 unspecified atom stereocenters. The van der Waals surface area contributed by atoms with Crippen molar-refractivity contribution >= 4 is 23.1 Å². The topological polar surface area (TPSA) is 30.7 Å². The van der Waals surface area contributed by atoms with Gasteiger partial charge in [-0.3, -0.25) is 4.57 Å². The average molecular weight is 432 g/mol. The molecule has 0 aliphatic heterocycles. The van der Waals surface area contributed by atoms with Gasteiger partial charge in [0.25, 0.3) is 0 Å². The van der Waals surface area contributed by atoms with Gasteiger partial charge in [-0.2, -0.15) is 13.2 Å². The number of rotatable bonds is 6.